The van der Waals surface area contributed by atoms with Gasteiger partial charge in [0.15, 0.2) is 0 Å². The molecule has 0 saturated heterocycles. The minimum atomic E-state index is 0.172. The first-order valence-electron chi connectivity index (χ1n) is 7.53. The molecular weight excluding hydrogens is 328 g/mol. The van der Waals surface area contributed by atoms with Crippen molar-refractivity contribution in [2.24, 2.45) is 0 Å². The van der Waals surface area contributed by atoms with Crippen LogP contribution in [0.15, 0.2) is 35.1 Å². The van der Waals surface area contributed by atoms with E-state index in [1.54, 1.807) is 0 Å². The Morgan fingerprint density at radius 1 is 1.33 bits per heavy atom. The first-order chi connectivity index (χ1) is 10.2. The maximum Gasteiger partial charge on any atom is 0.0718 e. The fourth-order valence-electron chi connectivity index (χ4n) is 2.29. The third-order valence-electron chi connectivity index (χ3n) is 3.69. The molecule has 0 aliphatic carbocycles. The molecule has 0 aromatic carbocycles. The second-order valence-electron chi connectivity index (χ2n) is 5.23. The van der Waals surface area contributed by atoms with E-state index in [-0.39, 0.29) is 6.04 Å². The molecule has 0 radical (unpaired) electrons. The van der Waals surface area contributed by atoms with E-state index in [0.29, 0.717) is 6.04 Å². The summed E-state index contributed by atoms with van der Waals surface area (Å²) in [5.74, 6) is 0. The van der Waals surface area contributed by atoms with E-state index in [1.807, 2.05) is 23.0 Å². The van der Waals surface area contributed by atoms with E-state index in [0.717, 1.165) is 35.2 Å². The number of hydrogen-bond donors (Lipinski definition) is 1. The van der Waals surface area contributed by atoms with Crippen LogP contribution in [0, 0.1) is 0 Å². The fraction of sp³-hybridized carbons (Fsp3) is 0.500. The van der Waals surface area contributed by atoms with Gasteiger partial charge in [-0.05, 0) is 54.0 Å². The highest BCUT2D eigenvalue weighted by Crippen LogP contribution is 2.23. The van der Waals surface area contributed by atoms with Gasteiger partial charge in [0.05, 0.1) is 17.4 Å². The average Bonchev–Trinajstić information content (AvgIpc) is 2.95. The van der Waals surface area contributed by atoms with Gasteiger partial charge < -0.3 is 5.32 Å². The molecule has 114 valence electrons. The van der Waals surface area contributed by atoms with Crippen molar-refractivity contribution in [3.8, 4) is 0 Å². The number of halogens is 1. The number of nitrogens with one attached hydrogen (secondary N) is 1. The molecule has 2 aromatic rings. The standard InChI is InChI=1S/C16H23BrN4/c1-4-12(3)21-10-8-13(20-21)11-15(18-5-2)16-14(17)7-6-9-19-16/h6-10,12,15,18H,4-5,11H2,1-3H3. The Hall–Kier alpha value is -1.20. The number of likely N-dealkylation sites (N-methyl/N-ethyl adjacent to an activating group) is 1. The van der Waals surface area contributed by atoms with Gasteiger partial charge in [0.25, 0.3) is 0 Å². The lowest BCUT2D eigenvalue weighted by atomic mass is 10.1. The normalized spacial score (nSPS) is 14.1. The van der Waals surface area contributed by atoms with Gasteiger partial charge in [-0.25, -0.2) is 0 Å². The Morgan fingerprint density at radius 3 is 2.81 bits per heavy atom. The van der Waals surface area contributed by atoms with Crippen LogP contribution in [0.4, 0.5) is 0 Å². The lowest BCUT2D eigenvalue weighted by Gasteiger charge is -2.17. The number of pyridine rings is 1. The summed E-state index contributed by atoms with van der Waals surface area (Å²) in [6.45, 7) is 7.38. The van der Waals surface area contributed by atoms with Crippen LogP contribution in [0.1, 0.15) is 50.7 Å². The molecule has 4 nitrogen and oxygen atoms in total. The third-order valence-corrected chi connectivity index (χ3v) is 4.36. The molecule has 2 atom stereocenters. The summed E-state index contributed by atoms with van der Waals surface area (Å²) in [6.07, 6.45) is 5.83. The number of hydrogen-bond acceptors (Lipinski definition) is 3. The van der Waals surface area contributed by atoms with E-state index in [1.165, 1.54) is 0 Å². The van der Waals surface area contributed by atoms with Crippen LogP contribution in [0.3, 0.4) is 0 Å². The first kappa shape index (κ1) is 16.2. The fourth-order valence-corrected chi connectivity index (χ4v) is 2.83. The van der Waals surface area contributed by atoms with Crippen LogP contribution < -0.4 is 5.32 Å². The zero-order chi connectivity index (χ0) is 15.2. The van der Waals surface area contributed by atoms with Gasteiger partial charge in [-0.2, -0.15) is 5.10 Å². The minimum Gasteiger partial charge on any atom is -0.309 e. The van der Waals surface area contributed by atoms with Crippen molar-refractivity contribution in [3.05, 3.63) is 46.5 Å². The number of nitrogens with zero attached hydrogens (tertiary/aromatic N) is 3. The van der Waals surface area contributed by atoms with Gasteiger partial charge in [-0.1, -0.05) is 13.8 Å². The topological polar surface area (TPSA) is 42.7 Å². The van der Waals surface area contributed by atoms with E-state index in [9.17, 15) is 0 Å². The van der Waals surface area contributed by atoms with Gasteiger partial charge in [-0.3, -0.25) is 9.67 Å². The second kappa shape index (κ2) is 7.71. The Bertz CT molecular complexity index is 567. The van der Waals surface area contributed by atoms with Crippen LogP contribution in [-0.4, -0.2) is 21.3 Å². The van der Waals surface area contributed by atoms with Gasteiger partial charge in [0.1, 0.15) is 0 Å². The summed E-state index contributed by atoms with van der Waals surface area (Å²) >= 11 is 3.59. The monoisotopic (exact) mass is 350 g/mol. The highest BCUT2D eigenvalue weighted by Gasteiger charge is 2.17. The highest BCUT2D eigenvalue weighted by molar-refractivity contribution is 9.10. The Morgan fingerprint density at radius 2 is 2.14 bits per heavy atom. The molecule has 0 aliphatic heterocycles. The number of rotatable bonds is 7. The molecule has 0 spiro atoms. The molecule has 0 fully saturated rings. The van der Waals surface area contributed by atoms with Crippen molar-refractivity contribution in [1.82, 2.24) is 20.1 Å². The molecule has 0 saturated carbocycles. The minimum absolute atomic E-state index is 0.172. The largest absolute Gasteiger partial charge is 0.309 e. The van der Waals surface area contributed by atoms with Gasteiger partial charge in [0, 0.05) is 29.3 Å². The van der Waals surface area contributed by atoms with E-state index in [2.05, 4.69) is 59.3 Å². The van der Waals surface area contributed by atoms with Crippen molar-refractivity contribution in [1.29, 1.82) is 0 Å². The number of aromatic nitrogens is 3. The van der Waals surface area contributed by atoms with Gasteiger partial charge in [-0.15, -0.1) is 0 Å². The summed E-state index contributed by atoms with van der Waals surface area (Å²) in [7, 11) is 0. The molecule has 2 unspecified atom stereocenters. The third kappa shape index (κ3) is 4.14. The zero-order valence-corrected chi connectivity index (χ0v) is 14.5. The summed E-state index contributed by atoms with van der Waals surface area (Å²) in [4.78, 5) is 4.51. The van der Waals surface area contributed by atoms with Crippen LogP contribution in [0.2, 0.25) is 0 Å². The summed E-state index contributed by atoms with van der Waals surface area (Å²) in [5, 5.41) is 8.19. The molecule has 2 heterocycles. The van der Waals surface area contributed by atoms with Crippen molar-refractivity contribution < 1.29 is 0 Å². The molecular formula is C16H23BrN4. The average molecular weight is 351 g/mol. The summed E-state index contributed by atoms with van der Waals surface area (Å²) in [5.41, 5.74) is 2.14. The molecule has 1 N–H and O–H groups in total. The van der Waals surface area contributed by atoms with Crippen molar-refractivity contribution in [2.75, 3.05) is 6.54 Å². The predicted molar refractivity (Wildman–Crippen MR) is 89.3 cm³/mol. The predicted octanol–water partition coefficient (Wildman–Crippen LogP) is 3.90. The van der Waals surface area contributed by atoms with Crippen molar-refractivity contribution in [2.45, 2.75) is 45.7 Å². The van der Waals surface area contributed by atoms with E-state index in [4.69, 9.17) is 5.10 Å². The first-order valence-corrected chi connectivity index (χ1v) is 8.32. The van der Waals surface area contributed by atoms with Crippen LogP contribution in [0.25, 0.3) is 0 Å². The van der Waals surface area contributed by atoms with Crippen LogP contribution in [-0.2, 0) is 6.42 Å². The quantitative estimate of drug-likeness (QED) is 0.823. The molecule has 0 amide bonds. The molecule has 5 heteroatoms. The Kier molecular flexibility index (Phi) is 5.94. The smallest absolute Gasteiger partial charge is 0.0718 e. The lowest BCUT2D eigenvalue weighted by molar-refractivity contribution is 0.465. The van der Waals surface area contributed by atoms with Gasteiger partial charge >= 0.3 is 0 Å². The van der Waals surface area contributed by atoms with E-state index >= 15 is 0 Å². The molecule has 0 bridgehead atoms. The second-order valence-corrected chi connectivity index (χ2v) is 6.08. The van der Waals surface area contributed by atoms with Crippen molar-refractivity contribution in [3.63, 3.8) is 0 Å². The van der Waals surface area contributed by atoms with Crippen molar-refractivity contribution >= 4 is 15.9 Å². The van der Waals surface area contributed by atoms with Crippen LogP contribution in [0.5, 0.6) is 0 Å². The molecule has 0 aliphatic rings. The van der Waals surface area contributed by atoms with E-state index < -0.39 is 0 Å². The summed E-state index contributed by atoms with van der Waals surface area (Å²) < 4.78 is 3.09. The maximum absolute atomic E-state index is 4.69. The molecule has 2 rings (SSSR count). The Balaban J connectivity index is 2.17. The lowest BCUT2D eigenvalue weighted by Crippen LogP contribution is -2.24. The SMILES string of the molecule is CCNC(Cc1ccn(C(C)CC)n1)c1ncccc1Br. The zero-order valence-electron chi connectivity index (χ0n) is 12.9. The van der Waals surface area contributed by atoms with Gasteiger partial charge in [0.2, 0.25) is 0 Å². The highest BCUT2D eigenvalue weighted by atomic mass is 79.9. The maximum atomic E-state index is 4.69. The summed E-state index contributed by atoms with van der Waals surface area (Å²) in [6, 6.07) is 6.69. The molecule has 2 aromatic heterocycles. The Labute approximate surface area is 135 Å². The van der Waals surface area contributed by atoms with Crippen LogP contribution >= 0.6 is 15.9 Å². The molecule has 21 heavy (non-hydrogen) atoms.